The van der Waals surface area contributed by atoms with Crippen LogP contribution >= 0.6 is 11.3 Å². The molecule has 4 aliphatic carbocycles. The minimum atomic E-state index is -3.91. The highest BCUT2D eigenvalue weighted by atomic mass is 32.2. The Morgan fingerprint density at radius 2 is 1.76 bits per heavy atom. The molecule has 0 radical (unpaired) electrons. The lowest BCUT2D eigenvalue weighted by Gasteiger charge is -2.32. The molecule has 2 aliphatic heterocycles. The fraction of sp³-hybridized carbons (Fsp3) is 0.600. The van der Waals surface area contributed by atoms with Gasteiger partial charge in [0.05, 0.1) is 30.1 Å². The molecule has 9 rings (SSSR count). The summed E-state index contributed by atoms with van der Waals surface area (Å²) in [6, 6.07) is 3.54. The van der Waals surface area contributed by atoms with Crippen LogP contribution in [0.15, 0.2) is 35.7 Å². The van der Waals surface area contributed by atoms with Crippen molar-refractivity contribution in [2.45, 2.75) is 144 Å². The third kappa shape index (κ3) is 8.31. The summed E-state index contributed by atoms with van der Waals surface area (Å²) in [7, 11) is -0.773. The number of methoxy groups -OCH3 is 2. The number of nitrogens with zero attached hydrogens (tertiary/aromatic N) is 3. The number of sulfonamides is 1. The van der Waals surface area contributed by atoms with E-state index in [4.69, 9.17) is 24.2 Å². The van der Waals surface area contributed by atoms with Crippen LogP contribution in [0.3, 0.4) is 0 Å². The first-order valence-electron chi connectivity index (χ1n) is 22.2. The number of allylic oxidation sites excluding steroid dienone is 1. The average molecular weight is 889 g/mol. The largest absolute Gasteiger partial charge is 0.496 e. The molecule has 3 N–H and O–H groups in total. The third-order valence-corrected chi connectivity index (χ3v) is 16.5. The van der Waals surface area contributed by atoms with E-state index in [0.717, 1.165) is 60.2 Å². The van der Waals surface area contributed by atoms with Crippen LogP contribution < -0.4 is 24.8 Å². The molecule has 4 heterocycles. The van der Waals surface area contributed by atoms with Gasteiger partial charge in [-0.25, -0.2) is 18.4 Å². The summed E-state index contributed by atoms with van der Waals surface area (Å²) in [5.74, 6) is -0.946. The minimum Gasteiger partial charge on any atom is -0.496 e. The number of fused-ring (bicyclic) bond motifs is 3. The molecule has 2 aromatic heterocycles. The van der Waals surface area contributed by atoms with Crippen LogP contribution in [0.1, 0.15) is 113 Å². The Bertz CT molecular complexity index is 2410. The maximum atomic E-state index is 15.0. The number of pyridine rings is 1. The number of aryl methyl sites for hydroxylation is 1. The topological polar surface area (TPSA) is 195 Å². The predicted molar refractivity (Wildman–Crippen MR) is 232 cm³/mol. The van der Waals surface area contributed by atoms with E-state index < -0.39 is 68.2 Å². The summed E-state index contributed by atoms with van der Waals surface area (Å²) >= 11 is 1.52. The zero-order chi connectivity index (χ0) is 43.4. The maximum absolute atomic E-state index is 15.0. The van der Waals surface area contributed by atoms with Gasteiger partial charge in [-0.05, 0) is 96.1 Å². The number of amides is 4. The van der Waals surface area contributed by atoms with Gasteiger partial charge < -0.3 is 29.7 Å². The van der Waals surface area contributed by atoms with Crippen molar-refractivity contribution in [3.63, 3.8) is 0 Å². The van der Waals surface area contributed by atoms with Gasteiger partial charge in [-0.2, -0.15) is 0 Å². The molecule has 0 bridgehead atoms. The van der Waals surface area contributed by atoms with Crippen LogP contribution in [0.4, 0.5) is 0 Å². The van der Waals surface area contributed by atoms with Crippen molar-refractivity contribution in [3.05, 3.63) is 47.0 Å². The first-order chi connectivity index (χ1) is 29.8. The van der Waals surface area contributed by atoms with Crippen LogP contribution in [-0.2, 0) is 33.9 Å². The normalized spacial score (nSPS) is 28.2. The lowest BCUT2D eigenvalue weighted by molar-refractivity contribution is -0.148. The van der Waals surface area contributed by atoms with E-state index in [-0.39, 0.29) is 25.3 Å². The van der Waals surface area contributed by atoms with Gasteiger partial charge in [0.2, 0.25) is 21.8 Å². The molecule has 0 unspecified atom stereocenters. The Morgan fingerprint density at radius 3 is 2.48 bits per heavy atom. The highest BCUT2D eigenvalue weighted by Crippen LogP contribution is 2.47. The van der Waals surface area contributed by atoms with E-state index in [1.165, 1.54) is 23.3 Å². The summed E-state index contributed by atoms with van der Waals surface area (Å²) in [5, 5.41) is 8.93. The van der Waals surface area contributed by atoms with Crippen molar-refractivity contribution in [1.29, 1.82) is 0 Å². The lowest BCUT2D eigenvalue weighted by Crippen LogP contribution is -2.59. The molecule has 17 heteroatoms. The molecule has 1 aromatic carbocycles. The molecule has 3 aromatic rings. The first kappa shape index (κ1) is 42.7. The second kappa shape index (κ2) is 16.8. The Morgan fingerprint density at radius 1 is 0.968 bits per heavy atom. The Balaban J connectivity index is 1.06. The molecule has 6 aliphatic rings. The van der Waals surface area contributed by atoms with Crippen molar-refractivity contribution in [2.75, 3.05) is 20.8 Å². The number of carbonyl (C=O) groups is 4. The number of rotatable bonds is 11. The van der Waals surface area contributed by atoms with Crippen LogP contribution in [0.2, 0.25) is 0 Å². The molecular formula is C45H56N6O9S2. The van der Waals surface area contributed by atoms with Gasteiger partial charge >= 0.3 is 0 Å². The molecule has 62 heavy (non-hydrogen) atoms. The summed E-state index contributed by atoms with van der Waals surface area (Å²) in [4.78, 5) is 69.1. The number of hydrogen-bond acceptors (Lipinski definition) is 12. The van der Waals surface area contributed by atoms with Gasteiger partial charge in [-0.3, -0.25) is 23.9 Å². The third-order valence-electron chi connectivity index (χ3n) is 13.8. The highest BCUT2D eigenvalue weighted by Gasteiger charge is 2.62. The van der Waals surface area contributed by atoms with E-state index >= 15 is 0 Å². The van der Waals surface area contributed by atoms with Gasteiger partial charge in [0.25, 0.3) is 11.8 Å². The van der Waals surface area contributed by atoms with E-state index in [9.17, 15) is 27.6 Å². The van der Waals surface area contributed by atoms with Crippen molar-refractivity contribution in [1.82, 2.24) is 30.2 Å². The van der Waals surface area contributed by atoms with Gasteiger partial charge in [0.1, 0.15) is 51.5 Å². The smallest absolute Gasteiger partial charge is 0.259 e. The van der Waals surface area contributed by atoms with Crippen LogP contribution in [0.25, 0.3) is 21.6 Å². The SMILES string of the molecule is COc1ccc2c(O[C@@H]3C[C@H]4C(=O)N[C@]5(C(=O)NS(=O)(=O)C6CC6)C[C@H]5/C=C\CCCCC[C@H](NC(=O)C5(OC)CCCC5)C(=O)N4C3)cc(-c3nc(C4CC4)cs3)nc2c1C. The number of thiazole rings is 1. The minimum absolute atomic E-state index is 0.00860. The molecule has 1 saturated heterocycles. The second-order valence-electron chi connectivity index (χ2n) is 18.1. The summed E-state index contributed by atoms with van der Waals surface area (Å²) < 4.78 is 46.6. The van der Waals surface area contributed by atoms with Gasteiger partial charge in [0, 0.05) is 47.8 Å². The van der Waals surface area contributed by atoms with Crippen molar-refractivity contribution in [3.8, 4) is 22.2 Å². The highest BCUT2D eigenvalue weighted by molar-refractivity contribution is 7.91. The average Bonchev–Trinajstić information content (AvgIpc) is 4.23. The Kier molecular flexibility index (Phi) is 11.6. The number of nitrogens with one attached hydrogen (secondary N) is 3. The molecule has 5 fully saturated rings. The fourth-order valence-electron chi connectivity index (χ4n) is 9.56. The maximum Gasteiger partial charge on any atom is 0.259 e. The van der Waals surface area contributed by atoms with Gasteiger partial charge in [0.15, 0.2) is 0 Å². The zero-order valence-electron chi connectivity index (χ0n) is 35.6. The number of ether oxygens (including phenoxy) is 3. The number of aromatic nitrogens is 2. The van der Waals surface area contributed by atoms with E-state index in [1.807, 2.05) is 37.3 Å². The van der Waals surface area contributed by atoms with Gasteiger partial charge in [-0.1, -0.05) is 25.0 Å². The van der Waals surface area contributed by atoms with Crippen molar-refractivity contribution in [2.24, 2.45) is 5.92 Å². The van der Waals surface area contributed by atoms with E-state index in [1.54, 1.807) is 7.11 Å². The lowest BCUT2D eigenvalue weighted by atomic mass is 9.98. The fourth-order valence-corrected chi connectivity index (χ4v) is 11.8. The second-order valence-corrected chi connectivity index (χ2v) is 20.9. The summed E-state index contributed by atoms with van der Waals surface area (Å²) in [6.45, 7) is 1.94. The number of carbonyl (C=O) groups excluding carboxylic acids is 4. The molecule has 0 spiro atoms. The summed E-state index contributed by atoms with van der Waals surface area (Å²) in [5.41, 5.74) is 0.632. The molecule has 4 amide bonds. The van der Waals surface area contributed by atoms with Crippen LogP contribution in [0.5, 0.6) is 11.5 Å². The molecular weight excluding hydrogens is 833 g/mol. The quantitative estimate of drug-likeness (QED) is 0.210. The van der Waals surface area contributed by atoms with Crippen molar-refractivity contribution < 1.29 is 41.8 Å². The van der Waals surface area contributed by atoms with E-state index in [0.29, 0.717) is 73.6 Å². The molecule has 332 valence electrons. The summed E-state index contributed by atoms with van der Waals surface area (Å²) in [6.07, 6.45) is 12.7. The van der Waals surface area contributed by atoms with Crippen LogP contribution in [0, 0.1) is 12.8 Å². The Hall–Kier alpha value is -4.61. The zero-order valence-corrected chi connectivity index (χ0v) is 37.2. The van der Waals surface area contributed by atoms with Crippen molar-refractivity contribution >= 4 is 55.9 Å². The first-order valence-corrected chi connectivity index (χ1v) is 24.6. The molecule has 4 saturated carbocycles. The van der Waals surface area contributed by atoms with Gasteiger partial charge in [-0.15, -0.1) is 11.3 Å². The predicted octanol–water partition coefficient (Wildman–Crippen LogP) is 5.35. The van der Waals surface area contributed by atoms with E-state index in [2.05, 4.69) is 20.7 Å². The monoisotopic (exact) mass is 888 g/mol. The standard InChI is InChI=1S/C45H56N6O9S2/c1-26-36(58-2)18-17-31-37(22-33(46-38(26)31)40-47-34(25-61-40)27-13-14-27)60-29-21-35-39(52)49-45(43(55)50-62(56,57)30-15-16-30)23-28(45)11-7-5-4-6-8-12-32(41(53)51(35)24-29)48-42(54)44(59-3)19-9-10-20-44/h7,11,17-18,22,25,27-30,32,35H,4-6,8-10,12-16,19-21,23-24H2,1-3H3,(H,48,54)(H,49,52)(H,50,55)/b11-7-/t28-,29-,32+,35+,45-/m1/s1. The number of hydrogen-bond donors (Lipinski definition) is 3. The Labute approximate surface area is 366 Å². The molecule has 15 nitrogen and oxygen atoms in total. The number of benzene rings is 1. The molecule has 5 atom stereocenters. The van der Waals surface area contributed by atoms with Crippen LogP contribution in [-0.4, -0.2) is 102 Å².